The first-order valence-corrected chi connectivity index (χ1v) is 7.19. The SMILES string of the molecule is CCc1cc(NCCCN)n2nc(-c3ccco3)cc2n1. The Bertz CT molecular complexity index is 717. The summed E-state index contributed by atoms with van der Waals surface area (Å²) in [4.78, 5) is 4.61. The molecule has 6 heteroatoms. The molecule has 3 rings (SSSR count). The molecule has 3 heterocycles. The molecule has 0 aliphatic rings. The van der Waals surface area contributed by atoms with Gasteiger partial charge in [-0.15, -0.1) is 0 Å². The Morgan fingerprint density at radius 3 is 3.00 bits per heavy atom. The number of anilines is 1. The minimum atomic E-state index is 0.665. The molecule has 0 aliphatic carbocycles. The van der Waals surface area contributed by atoms with Crippen LogP contribution in [-0.2, 0) is 6.42 Å². The van der Waals surface area contributed by atoms with E-state index in [-0.39, 0.29) is 0 Å². The lowest BCUT2D eigenvalue weighted by Crippen LogP contribution is -2.12. The van der Waals surface area contributed by atoms with Crippen LogP contribution in [0.4, 0.5) is 5.82 Å². The van der Waals surface area contributed by atoms with Gasteiger partial charge in [-0.1, -0.05) is 6.92 Å². The van der Waals surface area contributed by atoms with Gasteiger partial charge >= 0.3 is 0 Å². The van der Waals surface area contributed by atoms with Crippen LogP contribution in [0.15, 0.2) is 34.9 Å². The molecule has 110 valence electrons. The topological polar surface area (TPSA) is 81.4 Å². The van der Waals surface area contributed by atoms with E-state index >= 15 is 0 Å². The van der Waals surface area contributed by atoms with Crippen molar-refractivity contribution in [3.05, 3.63) is 36.2 Å². The van der Waals surface area contributed by atoms with Crippen LogP contribution in [-0.4, -0.2) is 27.7 Å². The molecule has 0 atom stereocenters. The second-order valence-electron chi connectivity index (χ2n) is 4.83. The number of hydrogen-bond donors (Lipinski definition) is 2. The third-order valence-electron chi connectivity index (χ3n) is 3.30. The van der Waals surface area contributed by atoms with E-state index in [1.54, 1.807) is 6.26 Å². The van der Waals surface area contributed by atoms with E-state index in [9.17, 15) is 0 Å². The summed E-state index contributed by atoms with van der Waals surface area (Å²) in [5.41, 5.74) is 8.17. The zero-order chi connectivity index (χ0) is 14.7. The maximum Gasteiger partial charge on any atom is 0.158 e. The molecule has 0 bridgehead atoms. The molecule has 3 N–H and O–H groups in total. The first-order chi connectivity index (χ1) is 10.3. The van der Waals surface area contributed by atoms with Gasteiger partial charge in [0.1, 0.15) is 11.5 Å². The Morgan fingerprint density at radius 2 is 2.29 bits per heavy atom. The van der Waals surface area contributed by atoms with E-state index in [0.29, 0.717) is 6.54 Å². The summed E-state index contributed by atoms with van der Waals surface area (Å²) in [5.74, 6) is 1.68. The predicted octanol–water partition coefficient (Wildman–Crippen LogP) is 2.31. The number of furan rings is 1. The molecule has 0 fully saturated rings. The first kappa shape index (κ1) is 13.6. The standard InChI is InChI=1S/C15H19N5O/c1-2-11-9-14(17-7-4-6-16)20-15(18-11)10-12(19-20)13-5-3-8-21-13/h3,5,8-10,17H,2,4,6-7,16H2,1H3. The molecule has 0 amide bonds. The monoisotopic (exact) mass is 285 g/mol. The average molecular weight is 285 g/mol. The molecule has 0 saturated carbocycles. The van der Waals surface area contributed by atoms with E-state index in [4.69, 9.17) is 10.2 Å². The van der Waals surface area contributed by atoms with Gasteiger partial charge in [0.05, 0.1) is 6.26 Å². The molecular formula is C15H19N5O. The van der Waals surface area contributed by atoms with Crippen LogP contribution in [0.5, 0.6) is 0 Å². The molecule has 0 radical (unpaired) electrons. The maximum absolute atomic E-state index is 5.54. The highest BCUT2D eigenvalue weighted by Gasteiger charge is 2.11. The molecule has 21 heavy (non-hydrogen) atoms. The van der Waals surface area contributed by atoms with Crippen LogP contribution in [0.3, 0.4) is 0 Å². The van der Waals surface area contributed by atoms with Crippen LogP contribution in [0, 0.1) is 0 Å². The third-order valence-corrected chi connectivity index (χ3v) is 3.30. The summed E-state index contributed by atoms with van der Waals surface area (Å²) in [6.07, 6.45) is 3.44. The number of aromatic nitrogens is 3. The second-order valence-corrected chi connectivity index (χ2v) is 4.83. The molecule has 0 saturated heterocycles. The summed E-state index contributed by atoms with van der Waals surface area (Å²) < 4.78 is 7.22. The Kier molecular flexibility index (Phi) is 3.87. The number of nitrogens with two attached hydrogens (primary N) is 1. The van der Waals surface area contributed by atoms with Crippen LogP contribution in [0.1, 0.15) is 19.0 Å². The van der Waals surface area contributed by atoms with Crippen molar-refractivity contribution in [3.8, 4) is 11.5 Å². The fraction of sp³-hybridized carbons (Fsp3) is 0.333. The minimum Gasteiger partial charge on any atom is -0.463 e. The molecule has 3 aromatic rings. The molecule has 6 nitrogen and oxygen atoms in total. The van der Waals surface area contributed by atoms with Gasteiger partial charge in [0.15, 0.2) is 11.4 Å². The summed E-state index contributed by atoms with van der Waals surface area (Å²) in [5, 5.41) is 7.95. The Hall–Kier alpha value is -2.34. The van der Waals surface area contributed by atoms with Crippen molar-refractivity contribution in [2.45, 2.75) is 19.8 Å². The van der Waals surface area contributed by atoms with Gasteiger partial charge in [-0.05, 0) is 31.5 Å². The number of hydrogen-bond acceptors (Lipinski definition) is 5. The zero-order valence-electron chi connectivity index (χ0n) is 12.0. The summed E-state index contributed by atoms with van der Waals surface area (Å²) in [7, 11) is 0. The van der Waals surface area contributed by atoms with Gasteiger partial charge in [0.2, 0.25) is 0 Å². The van der Waals surface area contributed by atoms with Gasteiger partial charge in [-0.25, -0.2) is 4.98 Å². The highest BCUT2D eigenvalue weighted by Crippen LogP contribution is 2.22. The number of fused-ring (bicyclic) bond motifs is 1. The lowest BCUT2D eigenvalue weighted by atomic mass is 10.3. The summed E-state index contributed by atoms with van der Waals surface area (Å²) in [6, 6.07) is 7.71. The molecule has 3 aromatic heterocycles. The van der Waals surface area contributed by atoms with E-state index < -0.39 is 0 Å². The summed E-state index contributed by atoms with van der Waals surface area (Å²) in [6.45, 7) is 3.57. The molecular weight excluding hydrogens is 266 g/mol. The van der Waals surface area contributed by atoms with E-state index in [1.165, 1.54) is 0 Å². The number of rotatable bonds is 6. The largest absolute Gasteiger partial charge is 0.463 e. The normalized spacial score (nSPS) is 11.1. The first-order valence-electron chi connectivity index (χ1n) is 7.19. The van der Waals surface area contributed by atoms with Crippen molar-refractivity contribution in [2.75, 3.05) is 18.4 Å². The van der Waals surface area contributed by atoms with Gasteiger partial charge in [0, 0.05) is 24.4 Å². The minimum absolute atomic E-state index is 0.665. The van der Waals surface area contributed by atoms with Crippen LogP contribution in [0.2, 0.25) is 0 Å². The third kappa shape index (κ3) is 2.75. The molecule has 0 spiro atoms. The van der Waals surface area contributed by atoms with E-state index in [0.717, 1.165) is 48.0 Å². The summed E-state index contributed by atoms with van der Waals surface area (Å²) >= 11 is 0. The van der Waals surface area contributed by atoms with Crippen LogP contribution < -0.4 is 11.1 Å². The van der Waals surface area contributed by atoms with Gasteiger partial charge in [0.25, 0.3) is 0 Å². The van der Waals surface area contributed by atoms with Crippen LogP contribution >= 0.6 is 0 Å². The quantitative estimate of drug-likeness (QED) is 0.679. The van der Waals surface area contributed by atoms with Crippen molar-refractivity contribution in [3.63, 3.8) is 0 Å². The number of nitrogens with zero attached hydrogens (tertiary/aromatic N) is 3. The van der Waals surface area contributed by atoms with Crippen molar-refractivity contribution in [1.29, 1.82) is 0 Å². The molecule has 0 unspecified atom stereocenters. The Labute approximate surface area is 123 Å². The highest BCUT2D eigenvalue weighted by molar-refractivity contribution is 5.61. The van der Waals surface area contributed by atoms with Crippen molar-refractivity contribution < 1.29 is 4.42 Å². The second kappa shape index (κ2) is 5.97. The van der Waals surface area contributed by atoms with E-state index in [1.807, 2.05) is 28.8 Å². The smallest absolute Gasteiger partial charge is 0.158 e. The lowest BCUT2D eigenvalue weighted by Gasteiger charge is -2.09. The van der Waals surface area contributed by atoms with Gasteiger partial charge < -0.3 is 15.5 Å². The fourth-order valence-corrected chi connectivity index (χ4v) is 2.20. The maximum atomic E-state index is 5.54. The molecule has 0 aromatic carbocycles. The Morgan fingerprint density at radius 1 is 1.38 bits per heavy atom. The zero-order valence-corrected chi connectivity index (χ0v) is 12.0. The van der Waals surface area contributed by atoms with Gasteiger partial charge in [-0.2, -0.15) is 9.61 Å². The molecule has 0 aliphatic heterocycles. The van der Waals surface area contributed by atoms with Crippen molar-refractivity contribution in [1.82, 2.24) is 14.6 Å². The predicted molar refractivity (Wildman–Crippen MR) is 82.2 cm³/mol. The number of nitrogens with one attached hydrogen (secondary N) is 1. The number of aryl methyl sites for hydroxylation is 1. The van der Waals surface area contributed by atoms with E-state index in [2.05, 4.69) is 22.3 Å². The Balaban J connectivity index is 2.02. The van der Waals surface area contributed by atoms with Crippen molar-refractivity contribution in [2.24, 2.45) is 5.73 Å². The van der Waals surface area contributed by atoms with Crippen LogP contribution in [0.25, 0.3) is 17.1 Å². The van der Waals surface area contributed by atoms with Gasteiger partial charge in [-0.3, -0.25) is 0 Å². The lowest BCUT2D eigenvalue weighted by molar-refractivity contribution is 0.579. The average Bonchev–Trinajstić information content (AvgIpc) is 3.15. The van der Waals surface area contributed by atoms with Crippen molar-refractivity contribution >= 4 is 11.5 Å². The highest BCUT2D eigenvalue weighted by atomic mass is 16.3. The fourth-order valence-electron chi connectivity index (χ4n) is 2.20.